The van der Waals surface area contributed by atoms with Gasteiger partial charge in [0.25, 0.3) is 0 Å². The summed E-state index contributed by atoms with van der Waals surface area (Å²) in [7, 11) is 0. The van der Waals surface area contributed by atoms with Gasteiger partial charge >= 0.3 is 37.7 Å². The van der Waals surface area contributed by atoms with Gasteiger partial charge in [0.05, 0.1) is 12.3 Å². The molecule has 158 valence electrons. The van der Waals surface area contributed by atoms with Gasteiger partial charge in [-0.05, 0) is 33.5 Å². The summed E-state index contributed by atoms with van der Waals surface area (Å²) in [6, 6.07) is 16.3. The van der Waals surface area contributed by atoms with Gasteiger partial charge in [-0.25, -0.2) is 10.1 Å². The van der Waals surface area contributed by atoms with E-state index < -0.39 is 0 Å². The molecule has 2 aromatic carbocycles. The van der Waals surface area contributed by atoms with Gasteiger partial charge < -0.3 is 9.67 Å². The Kier molecular flexibility index (Phi) is 8.63. The van der Waals surface area contributed by atoms with E-state index in [4.69, 9.17) is 11.6 Å². The van der Waals surface area contributed by atoms with Gasteiger partial charge in [0.1, 0.15) is 5.82 Å². The number of H-pyrrole nitrogens is 1. The molecule has 0 aliphatic rings. The summed E-state index contributed by atoms with van der Waals surface area (Å²) in [6.07, 6.45) is 2.95. The van der Waals surface area contributed by atoms with Crippen LogP contribution in [-0.2, 0) is 19.6 Å². The van der Waals surface area contributed by atoms with Gasteiger partial charge in [-0.1, -0.05) is 73.5 Å². The molecule has 0 atom stereocenters. The quantitative estimate of drug-likeness (QED) is 0.390. The van der Waals surface area contributed by atoms with Crippen molar-refractivity contribution in [2.45, 2.75) is 39.3 Å². The number of rotatable bonds is 8. The van der Waals surface area contributed by atoms with Crippen molar-refractivity contribution in [3.05, 3.63) is 70.8 Å². The first-order chi connectivity index (χ1) is 14.7. The molecule has 2 heterocycles. The number of imidazole rings is 1. The molecule has 7 nitrogen and oxygen atoms in total. The predicted molar refractivity (Wildman–Crippen MR) is 124 cm³/mol. The third-order valence-electron chi connectivity index (χ3n) is 5.14. The number of nitrogens with one attached hydrogen (secondary N) is 1. The molecule has 0 unspecified atom stereocenters. The van der Waals surface area contributed by atoms with E-state index >= 15 is 0 Å². The van der Waals surface area contributed by atoms with Gasteiger partial charge in [0, 0.05) is 18.5 Å². The number of aliphatic hydroxyl groups excluding tert-OH is 1. The first kappa shape index (κ1) is 23.9. The Morgan fingerprint density at radius 2 is 1.81 bits per heavy atom. The van der Waals surface area contributed by atoms with Gasteiger partial charge in [-0.3, -0.25) is 0 Å². The van der Waals surface area contributed by atoms with E-state index in [9.17, 15) is 5.11 Å². The summed E-state index contributed by atoms with van der Waals surface area (Å²) in [6.45, 7) is 2.63. The minimum atomic E-state index is -0.130. The molecule has 4 aromatic rings. The first-order valence-corrected chi connectivity index (χ1v) is 10.4. The fourth-order valence-corrected chi connectivity index (χ4v) is 3.81. The van der Waals surface area contributed by atoms with Crippen LogP contribution in [0, 0.1) is 0 Å². The van der Waals surface area contributed by atoms with E-state index in [2.05, 4.69) is 62.9 Å². The number of aryl methyl sites for hydroxylation is 1. The monoisotopic (exact) mass is 464 g/mol. The van der Waals surface area contributed by atoms with Gasteiger partial charge in [0.2, 0.25) is 0 Å². The Bertz CT molecular complexity index is 1110. The summed E-state index contributed by atoms with van der Waals surface area (Å²) in [5, 5.41) is 24.4. The van der Waals surface area contributed by atoms with Crippen LogP contribution in [-0.4, -0.2) is 73.0 Å². The van der Waals surface area contributed by atoms with Crippen LogP contribution in [0.4, 0.5) is 0 Å². The molecule has 0 amide bonds. The summed E-state index contributed by atoms with van der Waals surface area (Å²) in [5.74, 6) is 1.55. The summed E-state index contributed by atoms with van der Waals surface area (Å²) >= 11 is 6.26. The van der Waals surface area contributed by atoms with Crippen LogP contribution in [0.5, 0.6) is 0 Å². The number of halogens is 1. The fraction of sp³-hybridized carbons (Fsp3) is 0.273. The Hall–Kier alpha value is -1.77. The number of aliphatic hydroxyl groups is 1. The molecule has 2 aromatic heterocycles. The van der Waals surface area contributed by atoms with Crippen LogP contribution in [0.2, 0.25) is 5.15 Å². The number of tetrazole rings is 1. The van der Waals surface area contributed by atoms with Crippen molar-refractivity contribution in [2.75, 3.05) is 0 Å². The molecule has 0 saturated heterocycles. The molecule has 0 aliphatic carbocycles. The van der Waals surface area contributed by atoms with E-state index in [1.807, 2.05) is 22.8 Å². The van der Waals surface area contributed by atoms with Crippen LogP contribution in [0.15, 0.2) is 48.5 Å². The Balaban J connectivity index is 0.00000272. The van der Waals surface area contributed by atoms with Crippen molar-refractivity contribution in [3.63, 3.8) is 0 Å². The molecule has 0 radical (unpaired) electrons. The van der Waals surface area contributed by atoms with Crippen LogP contribution >= 0.6 is 11.6 Å². The van der Waals surface area contributed by atoms with E-state index in [0.29, 0.717) is 23.2 Å². The van der Waals surface area contributed by atoms with E-state index in [1.165, 1.54) is 0 Å². The molecule has 0 aliphatic heterocycles. The molecule has 31 heavy (non-hydrogen) atoms. The van der Waals surface area contributed by atoms with Crippen molar-refractivity contribution >= 4 is 49.3 Å². The van der Waals surface area contributed by atoms with Crippen LogP contribution in [0.1, 0.15) is 36.8 Å². The molecule has 0 saturated carbocycles. The van der Waals surface area contributed by atoms with E-state index in [0.717, 1.165) is 47.3 Å². The number of nitrogens with zero attached hydrogens (tertiary/aromatic N) is 5. The molecule has 0 bridgehead atoms. The molecule has 0 fully saturated rings. The molecule has 4 rings (SSSR count). The fourth-order valence-electron chi connectivity index (χ4n) is 3.56. The average molecular weight is 465 g/mol. The second kappa shape index (κ2) is 11.2. The molecule has 9 heteroatoms. The van der Waals surface area contributed by atoms with Gasteiger partial charge in [0.15, 0.2) is 11.0 Å². The maximum absolute atomic E-state index is 9.77. The SMILES string of the molecule is CCCCc1nc(Cl)c(CO)n1Cc1ccc(-c2ccccc2-c2nnn[nH]2)cc1.[CaH2]. The molecule has 0 spiro atoms. The standard InChI is InChI=1S/C22H23ClN6O.Ca.2H/c1-2-3-8-20-24-21(23)19(14-30)29(20)13-15-9-11-16(12-10-15)17-6-4-5-7-18(17)22-25-27-28-26-22;;;/h4-7,9-12,30H,2-3,8,13-14H2,1H3,(H,25,26,27,28);;;. The number of unbranched alkanes of at least 4 members (excludes halogenated alkanes) is 1. The number of benzene rings is 2. The van der Waals surface area contributed by atoms with Crippen molar-refractivity contribution in [3.8, 4) is 22.5 Å². The first-order valence-electron chi connectivity index (χ1n) is 9.98. The van der Waals surface area contributed by atoms with Crippen molar-refractivity contribution in [1.29, 1.82) is 0 Å². The topological polar surface area (TPSA) is 92.5 Å². The molecular formula is C22H25CaClN6O. The molecular weight excluding hydrogens is 440 g/mol. The Morgan fingerprint density at radius 3 is 2.45 bits per heavy atom. The second-order valence-electron chi connectivity index (χ2n) is 7.11. The zero-order valence-corrected chi connectivity index (χ0v) is 17.5. The van der Waals surface area contributed by atoms with Gasteiger partial charge in [-0.2, -0.15) is 0 Å². The number of hydrogen-bond acceptors (Lipinski definition) is 5. The zero-order valence-electron chi connectivity index (χ0n) is 16.7. The molecule has 2 N–H and O–H groups in total. The number of aromatic nitrogens is 6. The maximum atomic E-state index is 9.77. The van der Waals surface area contributed by atoms with Crippen LogP contribution in [0.3, 0.4) is 0 Å². The minimum absolute atomic E-state index is 0. The van der Waals surface area contributed by atoms with Crippen LogP contribution in [0.25, 0.3) is 22.5 Å². The average Bonchev–Trinajstić information content (AvgIpc) is 3.41. The normalized spacial score (nSPS) is 10.8. The third-order valence-corrected chi connectivity index (χ3v) is 5.44. The van der Waals surface area contributed by atoms with Crippen LogP contribution < -0.4 is 0 Å². The van der Waals surface area contributed by atoms with Crippen molar-refractivity contribution in [2.24, 2.45) is 0 Å². The Morgan fingerprint density at radius 1 is 1.06 bits per heavy atom. The summed E-state index contributed by atoms with van der Waals surface area (Å²) in [5.41, 5.74) is 4.84. The Labute approximate surface area is 215 Å². The predicted octanol–water partition coefficient (Wildman–Crippen LogP) is 3.35. The third kappa shape index (κ3) is 5.35. The van der Waals surface area contributed by atoms with E-state index in [-0.39, 0.29) is 44.3 Å². The number of hydrogen-bond donors (Lipinski definition) is 2. The zero-order chi connectivity index (χ0) is 20.9. The second-order valence-corrected chi connectivity index (χ2v) is 7.46. The summed E-state index contributed by atoms with van der Waals surface area (Å²) < 4.78 is 2.03. The number of aromatic amines is 1. The van der Waals surface area contributed by atoms with E-state index in [1.54, 1.807) is 0 Å². The van der Waals surface area contributed by atoms with Gasteiger partial charge in [-0.15, -0.1) is 5.10 Å². The summed E-state index contributed by atoms with van der Waals surface area (Å²) in [4.78, 5) is 4.47. The van der Waals surface area contributed by atoms with Crippen molar-refractivity contribution in [1.82, 2.24) is 30.2 Å². The van der Waals surface area contributed by atoms with Crippen molar-refractivity contribution < 1.29 is 5.11 Å².